The van der Waals surface area contributed by atoms with Gasteiger partial charge in [-0.05, 0) is 37.6 Å². The van der Waals surface area contributed by atoms with E-state index in [0.29, 0.717) is 42.0 Å². The lowest BCUT2D eigenvalue weighted by atomic mass is 10.2. The molecule has 3 N–H and O–H groups in total. The molecular formula is C22H24ClN5O2. The van der Waals surface area contributed by atoms with Crippen LogP contribution in [0.1, 0.15) is 29.8 Å². The number of benzene rings is 2. The number of carbonyl (C=O) groups excluding carboxylic acids is 1. The molecule has 0 saturated heterocycles. The third-order valence-corrected chi connectivity index (χ3v) is 4.87. The number of nitrogens with two attached hydrogens (primary N) is 1. The fourth-order valence-electron chi connectivity index (χ4n) is 2.94. The number of aromatic nitrogens is 2. The van der Waals surface area contributed by atoms with Gasteiger partial charge in [-0.15, -0.1) is 0 Å². The molecule has 7 nitrogen and oxygen atoms in total. The molecule has 3 aromatic rings. The fourth-order valence-corrected chi connectivity index (χ4v) is 3.18. The Morgan fingerprint density at radius 3 is 2.53 bits per heavy atom. The van der Waals surface area contributed by atoms with Crippen LogP contribution < -0.4 is 15.8 Å². The highest BCUT2D eigenvalue weighted by Gasteiger charge is 2.22. The smallest absolute Gasteiger partial charge is 0.261 e. The normalized spacial score (nSPS) is 10.5. The lowest BCUT2D eigenvalue weighted by Gasteiger charge is -2.21. The van der Waals surface area contributed by atoms with E-state index in [1.807, 2.05) is 44.2 Å². The van der Waals surface area contributed by atoms with Gasteiger partial charge in [-0.1, -0.05) is 41.9 Å². The number of anilines is 3. The van der Waals surface area contributed by atoms with Crippen LogP contribution in [0.25, 0.3) is 0 Å². The van der Waals surface area contributed by atoms with Gasteiger partial charge in [0.25, 0.3) is 5.91 Å². The Morgan fingerprint density at radius 2 is 1.87 bits per heavy atom. The van der Waals surface area contributed by atoms with Crippen molar-refractivity contribution in [3.63, 3.8) is 0 Å². The molecule has 2 aromatic carbocycles. The summed E-state index contributed by atoms with van der Waals surface area (Å²) < 4.78 is 5.80. The summed E-state index contributed by atoms with van der Waals surface area (Å²) in [5, 5.41) is 3.56. The summed E-state index contributed by atoms with van der Waals surface area (Å²) in [5.74, 6) is 0.786. The number of amides is 1. The highest BCUT2D eigenvalue weighted by Crippen LogP contribution is 2.31. The highest BCUT2D eigenvalue weighted by atomic mass is 35.5. The van der Waals surface area contributed by atoms with Gasteiger partial charge in [0.15, 0.2) is 0 Å². The minimum absolute atomic E-state index is 0.123. The second-order valence-corrected chi connectivity index (χ2v) is 6.91. The van der Waals surface area contributed by atoms with Crippen LogP contribution in [0.15, 0.2) is 54.9 Å². The van der Waals surface area contributed by atoms with Gasteiger partial charge in [0.2, 0.25) is 0 Å². The predicted molar refractivity (Wildman–Crippen MR) is 119 cm³/mol. The van der Waals surface area contributed by atoms with Gasteiger partial charge in [-0.3, -0.25) is 4.79 Å². The molecule has 1 aromatic heterocycles. The van der Waals surface area contributed by atoms with E-state index in [2.05, 4.69) is 15.3 Å². The Labute approximate surface area is 180 Å². The molecule has 156 valence electrons. The minimum Gasteiger partial charge on any atom is -0.487 e. The second kappa shape index (κ2) is 9.93. The van der Waals surface area contributed by atoms with Crippen molar-refractivity contribution in [3.8, 4) is 5.75 Å². The zero-order valence-electron chi connectivity index (χ0n) is 16.9. The molecule has 0 atom stereocenters. The molecule has 0 unspecified atom stereocenters. The highest BCUT2D eigenvalue weighted by molar-refractivity contribution is 6.32. The molecule has 3 rings (SSSR count). The molecule has 0 aliphatic heterocycles. The van der Waals surface area contributed by atoms with E-state index < -0.39 is 0 Å². The van der Waals surface area contributed by atoms with E-state index in [1.54, 1.807) is 23.1 Å². The Bertz CT molecular complexity index is 1010. The molecular weight excluding hydrogens is 402 g/mol. The first-order valence-corrected chi connectivity index (χ1v) is 10.0. The van der Waals surface area contributed by atoms with Crippen molar-refractivity contribution in [1.29, 1.82) is 0 Å². The van der Waals surface area contributed by atoms with Crippen LogP contribution in [0, 0.1) is 0 Å². The van der Waals surface area contributed by atoms with Crippen LogP contribution in [-0.2, 0) is 6.61 Å². The summed E-state index contributed by atoms with van der Waals surface area (Å²) >= 11 is 6.39. The number of nitrogens with zero attached hydrogens (tertiary/aromatic N) is 3. The number of carbonyl (C=O) groups is 1. The molecule has 0 aliphatic rings. The van der Waals surface area contributed by atoms with Crippen molar-refractivity contribution in [3.05, 3.63) is 71.0 Å². The number of nitrogen functional groups attached to an aromatic ring is 1. The first-order valence-electron chi connectivity index (χ1n) is 9.66. The molecule has 30 heavy (non-hydrogen) atoms. The van der Waals surface area contributed by atoms with Crippen LogP contribution in [0.3, 0.4) is 0 Å². The van der Waals surface area contributed by atoms with Crippen LogP contribution in [0.5, 0.6) is 5.75 Å². The lowest BCUT2D eigenvalue weighted by molar-refractivity contribution is 0.0774. The van der Waals surface area contributed by atoms with Gasteiger partial charge in [0.05, 0.1) is 5.02 Å². The Hall–Kier alpha value is -3.32. The van der Waals surface area contributed by atoms with Crippen LogP contribution in [-0.4, -0.2) is 33.9 Å². The summed E-state index contributed by atoms with van der Waals surface area (Å²) in [6.45, 7) is 5.34. The molecule has 0 radical (unpaired) electrons. The summed E-state index contributed by atoms with van der Waals surface area (Å²) in [5.41, 5.74) is 7.92. The first-order chi connectivity index (χ1) is 14.5. The van der Waals surface area contributed by atoms with E-state index in [9.17, 15) is 4.79 Å². The maximum atomic E-state index is 12.9. The third-order valence-electron chi connectivity index (χ3n) is 4.57. The van der Waals surface area contributed by atoms with Gasteiger partial charge in [-0.25, -0.2) is 9.97 Å². The number of halogens is 1. The van der Waals surface area contributed by atoms with E-state index in [4.69, 9.17) is 22.1 Å². The zero-order valence-corrected chi connectivity index (χ0v) is 17.7. The average molecular weight is 426 g/mol. The van der Waals surface area contributed by atoms with Crippen molar-refractivity contribution in [2.24, 2.45) is 0 Å². The zero-order chi connectivity index (χ0) is 21.5. The quantitative estimate of drug-likeness (QED) is 0.551. The van der Waals surface area contributed by atoms with Crippen molar-refractivity contribution >= 4 is 34.8 Å². The summed E-state index contributed by atoms with van der Waals surface area (Å²) in [6.07, 6.45) is 1.32. The number of hydrogen-bond donors (Lipinski definition) is 2. The van der Waals surface area contributed by atoms with E-state index in [0.717, 1.165) is 5.56 Å². The maximum absolute atomic E-state index is 12.9. The van der Waals surface area contributed by atoms with Crippen molar-refractivity contribution in [1.82, 2.24) is 14.9 Å². The SMILES string of the molecule is CCN(CC)C(=O)c1c(N)ncnc1Nc1ccc(OCc2ccccc2)c(Cl)c1. The fraction of sp³-hybridized carbons (Fsp3) is 0.227. The molecule has 1 amide bonds. The molecule has 0 fully saturated rings. The molecule has 0 spiro atoms. The van der Waals surface area contributed by atoms with Crippen molar-refractivity contribution in [2.45, 2.75) is 20.5 Å². The number of hydrogen-bond acceptors (Lipinski definition) is 6. The number of nitrogens with one attached hydrogen (secondary N) is 1. The Balaban J connectivity index is 1.79. The van der Waals surface area contributed by atoms with Gasteiger partial charge in [-0.2, -0.15) is 0 Å². The summed E-state index contributed by atoms with van der Waals surface area (Å²) in [4.78, 5) is 22.7. The van der Waals surface area contributed by atoms with Crippen LogP contribution >= 0.6 is 11.6 Å². The largest absolute Gasteiger partial charge is 0.487 e. The molecule has 0 aliphatic carbocycles. The maximum Gasteiger partial charge on any atom is 0.261 e. The van der Waals surface area contributed by atoms with Crippen molar-refractivity contribution < 1.29 is 9.53 Å². The van der Waals surface area contributed by atoms with Gasteiger partial charge >= 0.3 is 0 Å². The second-order valence-electron chi connectivity index (χ2n) is 6.50. The topological polar surface area (TPSA) is 93.4 Å². The molecule has 0 bridgehead atoms. The van der Waals surface area contributed by atoms with Gasteiger partial charge < -0.3 is 20.7 Å². The minimum atomic E-state index is -0.227. The summed E-state index contributed by atoms with van der Waals surface area (Å²) in [6, 6.07) is 15.1. The average Bonchev–Trinajstić information content (AvgIpc) is 2.75. The van der Waals surface area contributed by atoms with Crippen LogP contribution in [0.4, 0.5) is 17.3 Å². The first kappa shape index (κ1) is 21.4. The summed E-state index contributed by atoms with van der Waals surface area (Å²) in [7, 11) is 0. The van der Waals surface area contributed by atoms with Crippen LogP contribution in [0.2, 0.25) is 5.02 Å². The Morgan fingerprint density at radius 1 is 1.13 bits per heavy atom. The molecule has 8 heteroatoms. The van der Waals surface area contributed by atoms with Gasteiger partial charge in [0.1, 0.15) is 35.9 Å². The van der Waals surface area contributed by atoms with E-state index >= 15 is 0 Å². The monoisotopic (exact) mass is 425 g/mol. The van der Waals surface area contributed by atoms with E-state index in [1.165, 1.54) is 6.33 Å². The number of ether oxygens (including phenoxy) is 1. The lowest BCUT2D eigenvalue weighted by Crippen LogP contribution is -2.32. The number of rotatable bonds is 8. The predicted octanol–water partition coefficient (Wildman–Crippen LogP) is 4.52. The van der Waals surface area contributed by atoms with Crippen molar-refractivity contribution in [2.75, 3.05) is 24.1 Å². The van der Waals surface area contributed by atoms with E-state index in [-0.39, 0.29) is 17.3 Å². The standard InChI is InChI=1S/C22H24ClN5O2/c1-3-28(4-2)22(29)19-20(24)25-14-26-21(19)27-16-10-11-18(17(23)12-16)30-13-15-8-6-5-7-9-15/h5-12,14H,3-4,13H2,1-2H3,(H3,24,25,26,27). The third kappa shape index (κ3) is 4.99. The molecule has 0 saturated carbocycles. The Kier molecular flexibility index (Phi) is 7.08. The van der Waals surface area contributed by atoms with Gasteiger partial charge in [0, 0.05) is 18.8 Å². The molecule has 1 heterocycles.